The first-order valence-electron chi connectivity index (χ1n) is 9.24. The van der Waals surface area contributed by atoms with Crippen molar-refractivity contribution in [3.8, 4) is 11.1 Å². The van der Waals surface area contributed by atoms with Gasteiger partial charge in [0, 0.05) is 13.0 Å². The van der Waals surface area contributed by atoms with Gasteiger partial charge in [-0.05, 0) is 17.2 Å². The fourth-order valence-corrected chi connectivity index (χ4v) is 4.02. The maximum absolute atomic E-state index is 10.7. The van der Waals surface area contributed by atoms with Gasteiger partial charge in [0.25, 0.3) is 0 Å². The Morgan fingerprint density at radius 3 is 1.94 bits per heavy atom. The van der Waals surface area contributed by atoms with E-state index in [0.29, 0.717) is 0 Å². The molecule has 11 heteroatoms. The van der Waals surface area contributed by atoms with E-state index in [0.717, 1.165) is 11.0 Å². The summed E-state index contributed by atoms with van der Waals surface area (Å²) in [5.41, 5.74) is 3.96. The van der Waals surface area contributed by atoms with E-state index in [2.05, 4.69) is 81.2 Å². The van der Waals surface area contributed by atoms with Gasteiger partial charge in [-0.1, -0.05) is 47.7 Å². The Morgan fingerprint density at radius 2 is 1.42 bits per heavy atom. The second-order valence-corrected chi connectivity index (χ2v) is 11.3. The van der Waals surface area contributed by atoms with E-state index < -0.39 is 7.81 Å². The minimum Gasteiger partial charge on any atom is -1.00 e. The summed E-state index contributed by atoms with van der Waals surface area (Å²) in [5.74, 6) is 0. The topological polar surface area (TPSA) is 3.88 Å². The zero-order valence-corrected chi connectivity index (χ0v) is 20.9. The smallest absolute Gasteiger partial charge is 1.00 e. The van der Waals surface area contributed by atoms with E-state index in [1.54, 1.807) is 0 Å². The molecule has 0 saturated carbocycles. The molecule has 2 nitrogen and oxygen atoms in total. The number of aromatic nitrogens is 1. The summed E-state index contributed by atoms with van der Waals surface area (Å²) in [4.78, 5) is 0. The average molecular weight is 551 g/mol. The molecule has 0 aliphatic carbocycles. The van der Waals surface area contributed by atoms with Crippen LogP contribution in [0.5, 0.6) is 0 Å². The average Bonchev–Trinajstić information content (AvgIpc) is 2.87. The Morgan fingerprint density at radius 1 is 0.871 bits per heavy atom. The molecule has 0 bridgehead atoms. The van der Waals surface area contributed by atoms with Crippen LogP contribution < -0.4 is 21.5 Å². The van der Waals surface area contributed by atoms with E-state index in [-0.39, 0.29) is 17.0 Å². The number of halogens is 7. The number of fused-ring (bicyclic) bond motifs is 1. The van der Waals surface area contributed by atoms with Gasteiger partial charge in [0.2, 0.25) is 10.5 Å². The van der Waals surface area contributed by atoms with Gasteiger partial charge in [0.1, 0.15) is 4.70 Å². The first-order valence-corrected chi connectivity index (χ1v) is 12.1. The van der Waals surface area contributed by atoms with E-state index in [4.69, 9.17) is 0 Å². The van der Waals surface area contributed by atoms with Crippen molar-refractivity contribution in [1.82, 2.24) is 0 Å². The third-order valence-electron chi connectivity index (χ3n) is 4.21. The summed E-state index contributed by atoms with van der Waals surface area (Å²) < 4.78 is 64.1. The molecule has 0 fully saturated rings. The van der Waals surface area contributed by atoms with Gasteiger partial charge in [-0.2, -0.15) is 4.57 Å². The maximum Gasteiger partial charge on any atom is -1.00 e. The van der Waals surface area contributed by atoms with Crippen LogP contribution in [0.3, 0.4) is 0 Å². The molecule has 0 unspecified atom stereocenters. The SMILES string of the molecule is Cc1sc2ccc(-c3ccccc3)cc2[n+]1CCC[N+](C)(C)C.F[P-](F)(F)(F)(F)F.[Br-]. The molecule has 2 aromatic carbocycles. The fraction of sp³-hybridized carbons (Fsp3) is 0.350. The monoisotopic (exact) mass is 550 g/mol. The van der Waals surface area contributed by atoms with Crippen LogP contribution in [0.25, 0.3) is 21.3 Å². The molecule has 3 rings (SSSR count). The summed E-state index contributed by atoms with van der Waals surface area (Å²) in [6, 6.07) is 17.5. The second kappa shape index (κ2) is 8.96. The number of benzene rings is 2. The Labute approximate surface area is 192 Å². The van der Waals surface area contributed by atoms with Gasteiger partial charge in [-0.25, -0.2) is 0 Å². The Hall–Kier alpha value is -1.22. The van der Waals surface area contributed by atoms with Crippen molar-refractivity contribution < 1.29 is 51.2 Å². The molecule has 0 saturated heterocycles. The van der Waals surface area contributed by atoms with Crippen LogP contribution >= 0.6 is 19.1 Å². The Bertz CT molecular complexity index is 1000. The normalized spacial score (nSPS) is 14.1. The quantitative estimate of drug-likeness (QED) is 0.188. The van der Waals surface area contributed by atoms with Crippen LogP contribution in [0.1, 0.15) is 11.4 Å². The molecular formula is C20H26BrF6N2PS. The third kappa shape index (κ3) is 11.3. The second-order valence-electron chi connectivity index (χ2n) is 8.15. The molecule has 176 valence electrons. The number of hydrogen-bond donors (Lipinski definition) is 0. The number of thiazole rings is 1. The van der Waals surface area contributed by atoms with Gasteiger partial charge in [0.05, 0.1) is 34.1 Å². The van der Waals surface area contributed by atoms with Crippen molar-refractivity contribution in [1.29, 1.82) is 0 Å². The van der Waals surface area contributed by atoms with E-state index in [1.807, 2.05) is 11.3 Å². The molecule has 0 spiro atoms. The van der Waals surface area contributed by atoms with Crippen molar-refractivity contribution in [3.05, 3.63) is 53.5 Å². The van der Waals surface area contributed by atoms with E-state index >= 15 is 0 Å². The molecule has 0 amide bonds. The van der Waals surface area contributed by atoms with E-state index in [1.165, 1.54) is 39.3 Å². The van der Waals surface area contributed by atoms with Gasteiger partial charge < -0.3 is 21.5 Å². The van der Waals surface area contributed by atoms with Crippen LogP contribution in [-0.4, -0.2) is 32.2 Å². The summed E-state index contributed by atoms with van der Waals surface area (Å²) in [5, 5.41) is 1.40. The van der Waals surface area contributed by atoms with Gasteiger partial charge >= 0.3 is 33.0 Å². The number of hydrogen-bond acceptors (Lipinski definition) is 1. The molecule has 0 N–H and O–H groups in total. The van der Waals surface area contributed by atoms with Crippen LogP contribution in [0.4, 0.5) is 25.2 Å². The standard InChI is InChI=1S/C20H26N2S.BrH.F6P/c1-16-21(13-8-14-22(2,3)4)19-15-18(11-12-20(19)23-16)17-9-6-5-7-10-17;;1-7(2,3,4,5)6/h5-7,9-12,15H,8,13-14H2,1-4H3;1H;/q+2;;-1/p-1. The number of nitrogens with zero attached hydrogens (tertiary/aromatic N) is 2. The Kier molecular flexibility index (Phi) is 8.04. The molecule has 0 radical (unpaired) electrons. The molecule has 3 aromatic rings. The van der Waals surface area contributed by atoms with E-state index in [9.17, 15) is 25.2 Å². The number of rotatable bonds is 5. The third-order valence-corrected chi connectivity index (χ3v) is 5.29. The number of aryl methyl sites for hydroxylation is 2. The molecular weight excluding hydrogens is 525 g/mol. The first kappa shape index (κ1) is 27.8. The maximum atomic E-state index is 9.87. The van der Waals surface area contributed by atoms with Crippen LogP contribution in [0.2, 0.25) is 0 Å². The van der Waals surface area contributed by atoms with Crippen molar-refractivity contribution >= 4 is 29.4 Å². The van der Waals surface area contributed by atoms with Crippen LogP contribution in [-0.2, 0) is 6.54 Å². The molecule has 1 heterocycles. The minimum absolute atomic E-state index is 0. The van der Waals surface area contributed by atoms with Crippen molar-refractivity contribution in [2.45, 2.75) is 19.9 Å². The number of quaternary nitrogens is 1. The van der Waals surface area contributed by atoms with Crippen LogP contribution in [0.15, 0.2) is 48.5 Å². The molecule has 31 heavy (non-hydrogen) atoms. The van der Waals surface area contributed by atoms with Crippen molar-refractivity contribution in [2.24, 2.45) is 0 Å². The summed E-state index contributed by atoms with van der Waals surface area (Å²) >= 11 is 1.90. The van der Waals surface area contributed by atoms with Crippen LogP contribution in [0, 0.1) is 6.92 Å². The largest absolute Gasteiger partial charge is 1.00 e. The predicted molar refractivity (Wildman–Crippen MR) is 113 cm³/mol. The van der Waals surface area contributed by atoms with Crippen molar-refractivity contribution in [2.75, 3.05) is 27.7 Å². The summed E-state index contributed by atoms with van der Waals surface area (Å²) in [6.07, 6.45) is 1.20. The summed E-state index contributed by atoms with van der Waals surface area (Å²) in [7, 11) is -3.88. The van der Waals surface area contributed by atoms with Gasteiger partial charge in [-0.15, -0.1) is 0 Å². The first-order chi connectivity index (χ1) is 13.4. The van der Waals surface area contributed by atoms with Crippen molar-refractivity contribution in [3.63, 3.8) is 0 Å². The Balaban J connectivity index is 0.000000523. The molecule has 0 aliphatic rings. The predicted octanol–water partition coefficient (Wildman–Crippen LogP) is 4.65. The van der Waals surface area contributed by atoms with Gasteiger partial charge in [0.15, 0.2) is 6.54 Å². The summed E-state index contributed by atoms with van der Waals surface area (Å²) in [6.45, 7) is 4.53. The van der Waals surface area contributed by atoms with Gasteiger partial charge in [-0.3, -0.25) is 0 Å². The zero-order chi connectivity index (χ0) is 22.9. The zero-order valence-electron chi connectivity index (χ0n) is 17.6. The fourth-order valence-electron chi connectivity index (χ4n) is 2.99. The molecule has 0 atom stereocenters. The minimum atomic E-state index is -10.7. The molecule has 0 aliphatic heterocycles. The molecule has 1 aromatic heterocycles.